The Morgan fingerprint density at radius 1 is 1.41 bits per heavy atom. The lowest BCUT2D eigenvalue weighted by atomic mass is 9.89. The minimum Gasteiger partial charge on any atom is -0.378 e. The van der Waals surface area contributed by atoms with Crippen LogP contribution < -0.4 is 5.32 Å². The molecule has 1 rings (SSSR count). The van der Waals surface area contributed by atoms with Gasteiger partial charge in [-0.15, -0.1) is 0 Å². The quantitative estimate of drug-likeness (QED) is 0.724. The number of ether oxygens (including phenoxy) is 1. The highest BCUT2D eigenvalue weighted by Gasteiger charge is 2.19. The molecule has 0 aromatic carbocycles. The van der Waals surface area contributed by atoms with E-state index in [-0.39, 0.29) is 5.41 Å². The van der Waals surface area contributed by atoms with Crippen molar-refractivity contribution in [2.24, 2.45) is 5.41 Å². The first kappa shape index (κ1) is 14.5. The topological polar surface area (TPSA) is 45.0 Å². The predicted molar refractivity (Wildman–Crippen MR) is 69.7 cm³/mol. The summed E-state index contributed by atoms with van der Waals surface area (Å²) in [5.41, 5.74) is -0.160. The highest BCUT2D eigenvalue weighted by molar-refractivity contribution is 4.91. The van der Waals surface area contributed by atoms with E-state index in [0.29, 0.717) is 12.1 Å². The van der Waals surface area contributed by atoms with Crippen LogP contribution in [0.4, 0.5) is 0 Å². The van der Waals surface area contributed by atoms with E-state index >= 15 is 0 Å². The van der Waals surface area contributed by atoms with Crippen LogP contribution in [0, 0.1) is 16.7 Å². The summed E-state index contributed by atoms with van der Waals surface area (Å²) in [6.45, 7) is 8.13. The zero-order valence-electron chi connectivity index (χ0n) is 11.5. The first-order valence-electron chi connectivity index (χ1n) is 6.80. The molecule has 0 amide bonds. The van der Waals surface area contributed by atoms with E-state index in [9.17, 15) is 0 Å². The van der Waals surface area contributed by atoms with Crippen LogP contribution in [0.2, 0.25) is 0 Å². The molecule has 1 saturated heterocycles. The fraction of sp³-hybridized carbons (Fsp3) is 0.929. The van der Waals surface area contributed by atoms with Gasteiger partial charge in [-0.3, -0.25) is 0 Å². The van der Waals surface area contributed by atoms with Gasteiger partial charge < -0.3 is 10.1 Å². The van der Waals surface area contributed by atoms with Crippen molar-refractivity contribution < 1.29 is 4.74 Å². The third-order valence-electron chi connectivity index (χ3n) is 3.45. The van der Waals surface area contributed by atoms with Gasteiger partial charge in [0.05, 0.1) is 17.6 Å². The van der Waals surface area contributed by atoms with Crippen molar-refractivity contribution in [3.05, 3.63) is 0 Å². The molecule has 0 spiro atoms. The minimum atomic E-state index is -0.160. The maximum Gasteiger partial charge on any atom is 0.0683 e. The Morgan fingerprint density at radius 3 is 2.82 bits per heavy atom. The summed E-state index contributed by atoms with van der Waals surface area (Å²) in [6.07, 6.45) is 5.95. The Labute approximate surface area is 106 Å². The Morgan fingerprint density at radius 2 is 2.18 bits per heavy atom. The van der Waals surface area contributed by atoms with E-state index in [2.05, 4.69) is 18.3 Å². The van der Waals surface area contributed by atoms with E-state index in [1.807, 2.05) is 13.8 Å². The molecule has 0 aliphatic carbocycles. The van der Waals surface area contributed by atoms with Crippen LogP contribution in [0.1, 0.15) is 52.9 Å². The zero-order chi connectivity index (χ0) is 12.7. The van der Waals surface area contributed by atoms with Gasteiger partial charge in [0.25, 0.3) is 0 Å². The van der Waals surface area contributed by atoms with E-state index in [1.165, 1.54) is 0 Å². The zero-order valence-corrected chi connectivity index (χ0v) is 11.5. The summed E-state index contributed by atoms with van der Waals surface area (Å²) in [5, 5.41) is 12.5. The Balaban J connectivity index is 2.03. The van der Waals surface area contributed by atoms with Crippen LogP contribution in [0.5, 0.6) is 0 Å². The van der Waals surface area contributed by atoms with E-state index in [0.717, 1.165) is 45.3 Å². The van der Waals surface area contributed by atoms with Gasteiger partial charge in [0.1, 0.15) is 0 Å². The van der Waals surface area contributed by atoms with Crippen molar-refractivity contribution in [1.29, 1.82) is 5.26 Å². The molecule has 3 heteroatoms. The lowest BCUT2D eigenvalue weighted by Gasteiger charge is -2.28. The molecule has 0 aromatic heterocycles. The van der Waals surface area contributed by atoms with Gasteiger partial charge in [-0.05, 0) is 53.0 Å². The summed E-state index contributed by atoms with van der Waals surface area (Å²) in [4.78, 5) is 0. The van der Waals surface area contributed by atoms with Gasteiger partial charge in [-0.25, -0.2) is 0 Å². The molecule has 3 nitrogen and oxygen atoms in total. The van der Waals surface area contributed by atoms with Crippen molar-refractivity contribution in [1.82, 2.24) is 5.32 Å². The third-order valence-corrected chi connectivity index (χ3v) is 3.45. The van der Waals surface area contributed by atoms with Crippen molar-refractivity contribution in [2.75, 3.05) is 13.2 Å². The Hall–Kier alpha value is -0.590. The predicted octanol–water partition coefficient (Wildman–Crippen LogP) is 2.86. The van der Waals surface area contributed by atoms with E-state index < -0.39 is 0 Å². The van der Waals surface area contributed by atoms with Crippen LogP contribution in [0.15, 0.2) is 0 Å². The average Bonchev–Trinajstić information content (AvgIpc) is 2.29. The molecule has 1 aliphatic rings. The summed E-state index contributed by atoms with van der Waals surface area (Å²) >= 11 is 0. The fourth-order valence-corrected chi connectivity index (χ4v) is 2.24. The van der Waals surface area contributed by atoms with Gasteiger partial charge >= 0.3 is 0 Å². The Bertz CT molecular complexity index is 257. The molecule has 98 valence electrons. The second-order valence-electron chi connectivity index (χ2n) is 5.81. The summed E-state index contributed by atoms with van der Waals surface area (Å²) in [5.74, 6) is 0. The molecule has 0 aromatic rings. The smallest absolute Gasteiger partial charge is 0.0683 e. The number of rotatable bonds is 6. The monoisotopic (exact) mass is 238 g/mol. The molecular formula is C14H26N2O. The van der Waals surface area contributed by atoms with Crippen molar-refractivity contribution in [3.63, 3.8) is 0 Å². The maximum absolute atomic E-state index is 8.90. The summed E-state index contributed by atoms with van der Waals surface area (Å²) < 4.78 is 5.52. The molecule has 0 saturated carbocycles. The molecule has 2 unspecified atom stereocenters. The Kier molecular flexibility index (Phi) is 5.94. The number of unbranched alkanes of at least 4 members (excludes halogenated alkanes) is 1. The maximum atomic E-state index is 8.90. The van der Waals surface area contributed by atoms with E-state index in [4.69, 9.17) is 10.00 Å². The van der Waals surface area contributed by atoms with Crippen LogP contribution in [-0.2, 0) is 4.74 Å². The normalized spacial score (nSPS) is 25.5. The minimum absolute atomic E-state index is 0.160. The first-order chi connectivity index (χ1) is 8.03. The van der Waals surface area contributed by atoms with Crippen molar-refractivity contribution >= 4 is 0 Å². The SMILES string of the molecule is CC1CC(NCCCCC(C)(C)C#N)CCO1. The summed E-state index contributed by atoms with van der Waals surface area (Å²) in [7, 11) is 0. The molecule has 1 aliphatic heterocycles. The van der Waals surface area contributed by atoms with Gasteiger partial charge in [0.2, 0.25) is 0 Å². The van der Waals surface area contributed by atoms with Gasteiger partial charge in [0.15, 0.2) is 0 Å². The second kappa shape index (κ2) is 6.98. The fourth-order valence-electron chi connectivity index (χ4n) is 2.24. The largest absolute Gasteiger partial charge is 0.378 e. The second-order valence-corrected chi connectivity index (χ2v) is 5.81. The number of hydrogen-bond acceptors (Lipinski definition) is 3. The lowest BCUT2D eigenvalue weighted by Crippen LogP contribution is -2.38. The molecule has 17 heavy (non-hydrogen) atoms. The highest BCUT2D eigenvalue weighted by Crippen LogP contribution is 2.21. The van der Waals surface area contributed by atoms with Gasteiger partial charge in [-0.2, -0.15) is 5.26 Å². The number of nitrogens with one attached hydrogen (secondary N) is 1. The molecule has 0 radical (unpaired) electrons. The van der Waals surface area contributed by atoms with Crippen molar-refractivity contribution in [3.8, 4) is 6.07 Å². The molecule has 1 fully saturated rings. The lowest BCUT2D eigenvalue weighted by molar-refractivity contribution is 0.0133. The van der Waals surface area contributed by atoms with Crippen LogP contribution >= 0.6 is 0 Å². The van der Waals surface area contributed by atoms with Crippen LogP contribution in [0.25, 0.3) is 0 Å². The third kappa shape index (κ3) is 6.05. The molecule has 2 atom stereocenters. The number of nitriles is 1. The molecule has 1 N–H and O–H groups in total. The molecular weight excluding hydrogens is 212 g/mol. The summed E-state index contributed by atoms with van der Waals surface area (Å²) in [6, 6.07) is 2.98. The highest BCUT2D eigenvalue weighted by atomic mass is 16.5. The number of hydrogen-bond donors (Lipinski definition) is 1. The van der Waals surface area contributed by atoms with Crippen molar-refractivity contribution in [2.45, 2.75) is 65.0 Å². The molecule has 0 bridgehead atoms. The molecule has 1 heterocycles. The van der Waals surface area contributed by atoms with Crippen LogP contribution in [0.3, 0.4) is 0 Å². The van der Waals surface area contributed by atoms with Gasteiger partial charge in [0, 0.05) is 12.6 Å². The number of nitrogens with zero attached hydrogens (tertiary/aromatic N) is 1. The van der Waals surface area contributed by atoms with Crippen LogP contribution in [-0.4, -0.2) is 25.3 Å². The average molecular weight is 238 g/mol. The standard InChI is InChI=1S/C14H26N2O/c1-12-10-13(6-9-17-12)16-8-5-4-7-14(2,3)11-15/h12-13,16H,4-10H2,1-3H3. The first-order valence-corrected chi connectivity index (χ1v) is 6.80. The van der Waals surface area contributed by atoms with Gasteiger partial charge in [-0.1, -0.05) is 6.42 Å². The van der Waals surface area contributed by atoms with E-state index in [1.54, 1.807) is 0 Å².